The van der Waals surface area contributed by atoms with Gasteiger partial charge in [-0.25, -0.2) is 0 Å². The van der Waals surface area contributed by atoms with Gasteiger partial charge in [0.1, 0.15) is 13.2 Å². The third-order valence-corrected chi connectivity index (χ3v) is 16.5. The number of amides is 1. The van der Waals surface area contributed by atoms with Crippen molar-refractivity contribution in [1.29, 1.82) is 0 Å². The average molecular weight is 1120 g/mol. The maximum atomic E-state index is 13.1. The van der Waals surface area contributed by atoms with Gasteiger partial charge in [0.2, 0.25) is 5.91 Å². The fourth-order valence-electron chi connectivity index (χ4n) is 10.3. The maximum Gasteiger partial charge on any atom is 0.268 e. The van der Waals surface area contributed by atoms with Crippen LogP contribution in [0, 0.1) is 0 Å². The number of likely N-dealkylation sites (N-methyl/N-ethyl adjacent to an activating group) is 1. The molecule has 0 aliphatic heterocycles. The van der Waals surface area contributed by atoms with Gasteiger partial charge >= 0.3 is 0 Å². The zero-order valence-electron chi connectivity index (χ0n) is 52.6. The quantitative estimate of drug-likeness (QED) is 0.0272. The molecule has 0 bridgehead atoms. The van der Waals surface area contributed by atoms with Crippen LogP contribution in [-0.2, 0) is 18.4 Å². The van der Waals surface area contributed by atoms with E-state index in [0.717, 1.165) is 64.2 Å². The van der Waals surface area contributed by atoms with Gasteiger partial charge in [-0.2, -0.15) is 0 Å². The molecule has 9 heteroatoms. The van der Waals surface area contributed by atoms with E-state index < -0.39 is 20.0 Å². The summed E-state index contributed by atoms with van der Waals surface area (Å²) in [6, 6.07) is -0.803. The summed E-state index contributed by atoms with van der Waals surface area (Å²) in [5, 5.41) is 14.1. The van der Waals surface area contributed by atoms with Crippen molar-refractivity contribution in [3.05, 3.63) is 48.6 Å². The summed E-state index contributed by atoms with van der Waals surface area (Å²) in [4.78, 5) is 25.7. The lowest BCUT2D eigenvalue weighted by Gasteiger charge is -2.30. The molecule has 0 spiro atoms. The van der Waals surface area contributed by atoms with Crippen LogP contribution in [0.25, 0.3) is 0 Å². The van der Waals surface area contributed by atoms with Crippen LogP contribution in [0.2, 0.25) is 0 Å². The molecule has 0 aromatic carbocycles. The first kappa shape index (κ1) is 76.5. The van der Waals surface area contributed by atoms with Gasteiger partial charge in [-0.05, 0) is 51.4 Å². The second kappa shape index (κ2) is 60.1. The topological polar surface area (TPSA) is 108 Å². The minimum Gasteiger partial charge on any atom is -0.756 e. The van der Waals surface area contributed by atoms with Crippen LogP contribution in [-0.4, -0.2) is 68.5 Å². The zero-order valence-corrected chi connectivity index (χ0v) is 53.5. The van der Waals surface area contributed by atoms with Gasteiger partial charge in [-0.1, -0.05) is 326 Å². The van der Waals surface area contributed by atoms with Crippen molar-refractivity contribution in [1.82, 2.24) is 5.32 Å². The molecule has 0 fully saturated rings. The summed E-state index contributed by atoms with van der Waals surface area (Å²) in [5.41, 5.74) is 0. The highest BCUT2D eigenvalue weighted by Crippen LogP contribution is 2.38. The largest absolute Gasteiger partial charge is 0.756 e. The molecule has 3 unspecified atom stereocenters. The molecule has 78 heavy (non-hydrogen) atoms. The number of quaternary nitrogens is 1. The number of allylic oxidation sites excluding steroid dienone is 8. The van der Waals surface area contributed by atoms with Crippen molar-refractivity contribution in [2.75, 3.05) is 40.9 Å². The summed E-state index contributed by atoms with van der Waals surface area (Å²) in [5.74, 6) is -0.160. The number of hydrogen-bond acceptors (Lipinski definition) is 6. The van der Waals surface area contributed by atoms with Crippen molar-refractivity contribution in [2.24, 2.45) is 0 Å². The number of carbonyl (C=O) groups excluding carboxylic acids is 1. The molecule has 0 aromatic heterocycles. The van der Waals surface area contributed by atoms with Gasteiger partial charge in [-0.3, -0.25) is 9.36 Å². The lowest BCUT2D eigenvalue weighted by Crippen LogP contribution is -2.46. The predicted octanol–water partition coefficient (Wildman–Crippen LogP) is 20.8. The number of carbonyl (C=O) groups is 1. The van der Waals surface area contributed by atoms with E-state index in [0.29, 0.717) is 23.9 Å². The molecular formula is C69H133N2O6P. The van der Waals surface area contributed by atoms with Crippen LogP contribution in [0.15, 0.2) is 48.6 Å². The minimum absolute atomic E-state index is 0.0130. The molecule has 0 aromatic rings. The molecule has 0 aliphatic rings. The Morgan fingerprint density at radius 1 is 0.462 bits per heavy atom. The van der Waals surface area contributed by atoms with Crippen LogP contribution in [0.1, 0.15) is 335 Å². The molecule has 0 rings (SSSR count). The molecule has 2 N–H and O–H groups in total. The molecule has 3 atom stereocenters. The van der Waals surface area contributed by atoms with Gasteiger partial charge < -0.3 is 28.8 Å². The maximum absolute atomic E-state index is 13.1. The van der Waals surface area contributed by atoms with Gasteiger partial charge in [0.15, 0.2) is 0 Å². The summed E-state index contributed by atoms with van der Waals surface area (Å²) in [6.07, 6.45) is 80.3. The smallest absolute Gasteiger partial charge is 0.268 e. The van der Waals surface area contributed by atoms with Crippen LogP contribution in [0.3, 0.4) is 0 Å². The molecule has 0 aliphatic carbocycles. The van der Waals surface area contributed by atoms with Crippen LogP contribution >= 0.6 is 7.82 Å². The third-order valence-electron chi connectivity index (χ3n) is 15.6. The highest BCUT2D eigenvalue weighted by atomic mass is 31.2. The van der Waals surface area contributed by atoms with Crippen molar-refractivity contribution in [3.8, 4) is 0 Å². The lowest BCUT2D eigenvalue weighted by atomic mass is 10.0. The van der Waals surface area contributed by atoms with E-state index >= 15 is 0 Å². The van der Waals surface area contributed by atoms with Gasteiger partial charge in [0.05, 0.1) is 39.9 Å². The number of hydrogen-bond donors (Lipinski definition) is 2. The van der Waals surface area contributed by atoms with Crippen molar-refractivity contribution < 1.29 is 32.9 Å². The number of unbranched alkanes of at least 4 members (excludes halogenated alkanes) is 42. The second-order valence-electron chi connectivity index (χ2n) is 24.5. The van der Waals surface area contributed by atoms with Crippen molar-refractivity contribution in [2.45, 2.75) is 347 Å². The van der Waals surface area contributed by atoms with Crippen molar-refractivity contribution in [3.63, 3.8) is 0 Å². The first-order valence-electron chi connectivity index (χ1n) is 34.0. The van der Waals surface area contributed by atoms with E-state index in [1.165, 1.54) is 244 Å². The molecule has 8 nitrogen and oxygen atoms in total. The minimum atomic E-state index is -4.58. The Morgan fingerprint density at radius 2 is 0.782 bits per heavy atom. The van der Waals surface area contributed by atoms with Gasteiger partial charge in [-0.15, -0.1) is 0 Å². The molecule has 0 heterocycles. The summed E-state index contributed by atoms with van der Waals surface area (Å²) in [7, 11) is 1.32. The van der Waals surface area contributed by atoms with Crippen LogP contribution in [0.5, 0.6) is 0 Å². The Bertz CT molecular complexity index is 1410. The number of aliphatic hydroxyl groups excluding tert-OH is 1. The zero-order chi connectivity index (χ0) is 57.0. The Hall–Kier alpha value is -1.54. The SMILES string of the molecule is CC/C=C\C/C=C\C/C=C\C/C=C\CCCCCCCCCCCCCCCCCCC(=O)NC(COP(=O)([O-])OCC[N+](C)(C)C)C(O)CCCCCCCCCCCCCCCCCCCCCCCCCCCCC. The van der Waals surface area contributed by atoms with Crippen LogP contribution in [0.4, 0.5) is 0 Å². The van der Waals surface area contributed by atoms with E-state index in [2.05, 4.69) is 67.8 Å². The van der Waals surface area contributed by atoms with E-state index in [4.69, 9.17) is 9.05 Å². The fraction of sp³-hybridized carbons (Fsp3) is 0.870. The number of rotatable bonds is 63. The molecule has 460 valence electrons. The number of phosphoric acid groups is 1. The Labute approximate surface area is 486 Å². The molecule has 0 radical (unpaired) electrons. The summed E-state index contributed by atoms with van der Waals surface area (Å²) in [6.45, 7) is 4.66. The monoisotopic (exact) mass is 1120 g/mol. The number of nitrogens with zero attached hydrogens (tertiary/aromatic N) is 1. The third kappa shape index (κ3) is 62.1. The highest BCUT2D eigenvalue weighted by molar-refractivity contribution is 7.45. The second-order valence-corrected chi connectivity index (χ2v) is 25.9. The van der Waals surface area contributed by atoms with E-state index in [1.54, 1.807) is 0 Å². The predicted molar refractivity (Wildman–Crippen MR) is 339 cm³/mol. The Kier molecular flexibility index (Phi) is 58.9. The highest BCUT2D eigenvalue weighted by Gasteiger charge is 2.24. The number of phosphoric ester groups is 1. The lowest BCUT2D eigenvalue weighted by molar-refractivity contribution is -0.870. The normalized spacial score (nSPS) is 14.0. The first-order chi connectivity index (χ1) is 38.0. The van der Waals surface area contributed by atoms with Crippen LogP contribution < -0.4 is 10.2 Å². The van der Waals surface area contributed by atoms with E-state index in [1.807, 2.05) is 21.1 Å². The van der Waals surface area contributed by atoms with Gasteiger partial charge in [0, 0.05) is 6.42 Å². The van der Waals surface area contributed by atoms with E-state index in [9.17, 15) is 19.4 Å². The van der Waals surface area contributed by atoms with Crippen molar-refractivity contribution >= 4 is 13.7 Å². The summed E-state index contributed by atoms with van der Waals surface area (Å²) >= 11 is 0. The first-order valence-corrected chi connectivity index (χ1v) is 35.4. The number of nitrogens with one attached hydrogen (secondary N) is 1. The Morgan fingerprint density at radius 3 is 1.14 bits per heavy atom. The van der Waals surface area contributed by atoms with E-state index in [-0.39, 0.29) is 19.1 Å². The number of aliphatic hydroxyl groups is 1. The molecule has 0 saturated carbocycles. The van der Waals surface area contributed by atoms with Gasteiger partial charge in [0.25, 0.3) is 7.82 Å². The molecule has 0 saturated heterocycles. The standard InChI is InChI=1S/C69H133N2O6P/c1-6-8-10-12-14-16-18-20-22-24-26-28-30-32-34-35-37-39-41-43-45-47-49-51-53-55-57-59-61-63-69(73)70-67(66-77-78(74,75)76-65-64-71(3,4)5)68(72)62-60-58-56-54-52-50-48-46-44-42-40-38-36-33-31-29-27-25-23-21-19-17-15-13-11-9-7-2/h8,10,14,16,20,22,26,28,67-68,72H,6-7,9,11-13,15,17-19,21,23-25,27,29-66H2,1-5H3,(H-,70,73,74,75)/b10-8-,16-14-,22-20-,28-26-. The fourth-order valence-corrected chi connectivity index (χ4v) is 11.1. The Balaban J connectivity index is 4.04. The average Bonchev–Trinajstić information content (AvgIpc) is 3.41. The molecule has 1 amide bonds. The summed E-state index contributed by atoms with van der Waals surface area (Å²) < 4.78 is 23.5. The molecular weight excluding hydrogens is 984 g/mol.